The van der Waals surface area contributed by atoms with Crippen LogP contribution in [-0.2, 0) is 4.79 Å². The van der Waals surface area contributed by atoms with Crippen molar-refractivity contribution in [2.45, 2.75) is 37.8 Å². The summed E-state index contributed by atoms with van der Waals surface area (Å²) in [5, 5.41) is 3.12. The van der Waals surface area contributed by atoms with E-state index in [-0.39, 0.29) is 28.2 Å². The van der Waals surface area contributed by atoms with Gasteiger partial charge in [-0.3, -0.25) is 19.3 Å². The molecule has 1 aromatic heterocycles. The van der Waals surface area contributed by atoms with Gasteiger partial charge in [0, 0.05) is 6.04 Å². The van der Waals surface area contributed by atoms with Crippen LogP contribution in [0, 0.1) is 0 Å². The third-order valence-corrected chi connectivity index (χ3v) is 7.21. The van der Waals surface area contributed by atoms with Gasteiger partial charge in [0.2, 0.25) is 5.91 Å². The summed E-state index contributed by atoms with van der Waals surface area (Å²) in [5.74, 6) is -0.834. The molecule has 5 N–H and O–H groups in total. The van der Waals surface area contributed by atoms with Crippen LogP contribution >= 0.6 is 11.5 Å². The van der Waals surface area contributed by atoms with E-state index in [2.05, 4.69) is 9.69 Å². The Morgan fingerprint density at radius 1 is 1.05 bits per heavy atom. The molecule has 0 spiro atoms. The van der Waals surface area contributed by atoms with E-state index in [4.69, 9.17) is 20.9 Å². The number of rotatable bonds is 9. The second-order valence-corrected chi connectivity index (χ2v) is 9.42. The Hall–Kier alpha value is -4.12. The van der Waals surface area contributed by atoms with Crippen LogP contribution in [0.15, 0.2) is 48.5 Å². The molecule has 3 aromatic rings. The smallest absolute Gasteiger partial charge is 0.273 e. The topological polar surface area (TPSA) is 150 Å². The minimum Gasteiger partial charge on any atom is -0.497 e. The largest absolute Gasteiger partial charge is 0.497 e. The summed E-state index contributed by atoms with van der Waals surface area (Å²) in [7, 11) is 3.03. The van der Waals surface area contributed by atoms with Gasteiger partial charge < -0.3 is 26.3 Å². The number of carbonyl (C=O) groups excluding carboxylic acids is 3. The Labute approximate surface area is 218 Å². The number of anilines is 2. The maximum absolute atomic E-state index is 14.2. The van der Waals surface area contributed by atoms with Crippen molar-refractivity contribution in [2.75, 3.05) is 24.9 Å². The second kappa shape index (κ2) is 11.3. The fourth-order valence-corrected chi connectivity index (χ4v) is 5.23. The number of nitrogens with two attached hydrogens (primary N) is 2. The summed E-state index contributed by atoms with van der Waals surface area (Å²) in [6, 6.07) is 12.7. The molecule has 0 saturated heterocycles. The highest BCUT2D eigenvalue weighted by Gasteiger charge is 2.38. The normalized spacial score (nSPS) is 14.1. The Morgan fingerprint density at radius 3 is 2.32 bits per heavy atom. The zero-order chi connectivity index (χ0) is 26.5. The molecule has 194 valence electrons. The van der Waals surface area contributed by atoms with E-state index >= 15 is 0 Å². The first-order valence-corrected chi connectivity index (χ1v) is 12.6. The SMILES string of the molecule is COc1ccc([C@@H](C(=O)NC2CCCC2)N(C(=O)c2snc(C(N)=O)c2N)c2ccccc2OC)cc1. The molecule has 3 amide bonds. The molecule has 1 saturated carbocycles. The summed E-state index contributed by atoms with van der Waals surface area (Å²) >= 11 is 0.753. The third kappa shape index (κ3) is 5.36. The van der Waals surface area contributed by atoms with E-state index in [1.807, 2.05) is 0 Å². The minimum atomic E-state index is -1.09. The molecule has 1 atom stereocenters. The molecule has 10 nitrogen and oxygen atoms in total. The Kier molecular flexibility index (Phi) is 7.92. The quantitative estimate of drug-likeness (QED) is 0.389. The molecule has 0 bridgehead atoms. The number of benzene rings is 2. The van der Waals surface area contributed by atoms with E-state index in [9.17, 15) is 14.4 Å². The predicted molar refractivity (Wildman–Crippen MR) is 141 cm³/mol. The Balaban J connectivity index is 1.88. The number of para-hydroxylation sites is 2. The van der Waals surface area contributed by atoms with Crippen molar-refractivity contribution in [2.24, 2.45) is 5.73 Å². The summed E-state index contributed by atoms with van der Waals surface area (Å²) in [4.78, 5) is 41.2. The molecule has 37 heavy (non-hydrogen) atoms. The van der Waals surface area contributed by atoms with Gasteiger partial charge in [-0.1, -0.05) is 37.1 Å². The van der Waals surface area contributed by atoms with Gasteiger partial charge in [0.15, 0.2) is 5.69 Å². The van der Waals surface area contributed by atoms with Crippen LogP contribution in [0.4, 0.5) is 11.4 Å². The highest BCUT2D eigenvalue weighted by atomic mass is 32.1. The highest BCUT2D eigenvalue weighted by Crippen LogP contribution is 2.38. The van der Waals surface area contributed by atoms with Gasteiger partial charge in [-0.2, -0.15) is 4.37 Å². The van der Waals surface area contributed by atoms with E-state index in [0.717, 1.165) is 37.2 Å². The number of ether oxygens (including phenoxy) is 2. The van der Waals surface area contributed by atoms with Gasteiger partial charge in [0.1, 0.15) is 22.4 Å². The number of methoxy groups -OCH3 is 2. The average molecular weight is 524 g/mol. The lowest BCUT2D eigenvalue weighted by Gasteiger charge is -2.33. The monoisotopic (exact) mass is 523 g/mol. The molecule has 0 radical (unpaired) electrons. The molecule has 0 aliphatic heterocycles. The van der Waals surface area contributed by atoms with Crippen LogP contribution in [0.3, 0.4) is 0 Å². The van der Waals surface area contributed by atoms with E-state index in [0.29, 0.717) is 22.7 Å². The van der Waals surface area contributed by atoms with Crippen LogP contribution in [0.2, 0.25) is 0 Å². The number of nitrogens with zero attached hydrogens (tertiary/aromatic N) is 2. The van der Waals surface area contributed by atoms with Crippen LogP contribution < -0.4 is 31.2 Å². The van der Waals surface area contributed by atoms with Crippen LogP contribution in [0.25, 0.3) is 0 Å². The molecule has 1 aliphatic carbocycles. The minimum absolute atomic E-state index is 0.00751. The van der Waals surface area contributed by atoms with E-state index in [1.54, 1.807) is 55.6 Å². The van der Waals surface area contributed by atoms with Gasteiger partial charge >= 0.3 is 0 Å². The summed E-state index contributed by atoms with van der Waals surface area (Å²) < 4.78 is 14.8. The zero-order valence-electron chi connectivity index (χ0n) is 20.6. The molecule has 1 aliphatic rings. The lowest BCUT2D eigenvalue weighted by Crippen LogP contribution is -2.46. The molecule has 11 heteroatoms. The van der Waals surface area contributed by atoms with Crippen molar-refractivity contribution in [3.05, 3.63) is 64.7 Å². The van der Waals surface area contributed by atoms with Crippen molar-refractivity contribution in [1.82, 2.24) is 9.69 Å². The summed E-state index contributed by atoms with van der Waals surface area (Å²) in [5.41, 5.74) is 12.1. The summed E-state index contributed by atoms with van der Waals surface area (Å²) in [6.45, 7) is 0. The van der Waals surface area contributed by atoms with Crippen LogP contribution in [-0.4, -0.2) is 42.4 Å². The van der Waals surface area contributed by atoms with Gasteiger partial charge in [-0.05, 0) is 54.2 Å². The molecule has 1 heterocycles. The first-order chi connectivity index (χ1) is 17.8. The van der Waals surface area contributed by atoms with Gasteiger partial charge in [-0.25, -0.2) is 0 Å². The zero-order valence-corrected chi connectivity index (χ0v) is 21.4. The van der Waals surface area contributed by atoms with Crippen molar-refractivity contribution in [3.8, 4) is 11.5 Å². The number of primary amides is 1. The average Bonchev–Trinajstić information content (AvgIpc) is 3.56. The molecule has 0 unspecified atom stereocenters. The molecule has 1 fully saturated rings. The number of nitrogen functional groups attached to an aromatic ring is 1. The molecular formula is C26H29N5O5S. The van der Waals surface area contributed by atoms with Gasteiger partial charge in [0.25, 0.3) is 11.8 Å². The van der Waals surface area contributed by atoms with Crippen molar-refractivity contribution in [1.29, 1.82) is 0 Å². The number of aromatic nitrogens is 1. The molecule has 4 rings (SSSR count). The molecular weight excluding hydrogens is 494 g/mol. The number of amides is 3. The van der Waals surface area contributed by atoms with Crippen LogP contribution in [0.5, 0.6) is 11.5 Å². The molecule has 2 aromatic carbocycles. The number of hydrogen-bond acceptors (Lipinski definition) is 8. The second-order valence-electron chi connectivity index (χ2n) is 8.65. The van der Waals surface area contributed by atoms with Crippen molar-refractivity contribution in [3.63, 3.8) is 0 Å². The van der Waals surface area contributed by atoms with Gasteiger partial charge in [0.05, 0.1) is 25.6 Å². The Morgan fingerprint density at radius 2 is 1.73 bits per heavy atom. The van der Waals surface area contributed by atoms with Crippen LogP contribution in [0.1, 0.15) is 57.4 Å². The maximum Gasteiger partial charge on any atom is 0.273 e. The maximum atomic E-state index is 14.2. The van der Waals surface area contributed by atoms with E-state index < -0.39 is 17.9 Å². The van der Waals surface area contributed by atoms with E-state index in [1.165, 1.54) is 12.0 Å². The summed E-state index contributed by atoms with van der Waals surface area (Å²) in [6.07, 6.45) is 3.79. The fourth-order valence-electron chi connectivity index (χ4n) is 4.49. The first-order valence-electron chi connectivity index (χ1n) is 11.8. The third-order valence-electron chi connectivity index (χ3n) is 6.36. The van der Waals surface area contributed by atoms with Gasteiger partial charge in [-0.15, -0.1) is 0 Å². The Bertz CT molecular complexity index is 1290. The lowest BCUT2D eigenvalue weighted by atomic mass is 10.0. The lowest BCUT2D eigenvalue weighted by molar-refractivity contribution is -0.123. The first kappa shape index (κ1) is 26.0. The van der Waals surface area contributed by atoms with Crippen molar-refractivity contribution < 1.29 is 23.9 Å². The standard InChI is InChI=1S/C26H29N5O5S/c1-35-17-13-11-15(12-14-17)22(25(33)29-16-7-3-4-8-16)31(18-9-5-6-10-19(18)36-2)26(34)23-20(27)21(24(28)32)30-37-23/h5-6,9-14,16,22H,3-4,7-8,27H2,1-2H3,(H2,28,32)(H,29,33)/t22-/m0/s1. The fraction of sp³-hybridized carbons (Fsp3) is 0.308. The number of hydrogen-bond donors (Lipinski definition) is 3. The number of carbonyl (C=O) groups is 3. The van der Waals surface area contributed by atoms with Crippen molar-refractivity contribution >= 4 is 40.6 Å². The highest BCUT2D eigenvalue weighted by molar-refractivity contribution is 7.09. The number of nitrogens with one attached hydrogen (secondary N) is 1. The predicted octanol–water partition coefficient (Wildman–Crippen LogP) is 3.29.